The summed E-state index contributed by atoms with van der Waals surface area (Å²) in [5.74, 6) is 1.22. The Morgan fingerprint density at radius 2 is 1.79 bits per heavy atom. The molecule has 2 aromatic carbocycles. The van der Waals surface area contributed by atoms with Gasteiger partial charge in [-0.25, -0.2) is 0 Å². The molecule has 1 heterocycles. The highest BCUT2D eigenvalue weighted by Gasteiger charge is 2.20. The van der Waals surface area contributed by atoms with Gasteiger partial charge in [0.1, 0.15) is 16.5 Å². The maximum atomic E-state index is 12.6. The molecule has 0 aliphatic heterocycles. The van der Waals surface area contributed by atoms with Crippen molar-refractivity contribution in [1.82, 2.24) is 10.2 Å². The lowest BCUT2D eigenvalue weighted by Gasteiger charge is -2.17. The van der Waals surface area contributed by atoms with Crippen molar-refractivity contribution in [3.63, 3.8) is 0 Å². The highest BCUT2D eigenvalue weighted by molar-refractivity contribution is 7.18. The molecule has 28 heavy (non-hydrogen) atoms. The maximum absolute atomic E-state index is 12.6. The highest BCUT2D eigenvalue weighted by atomic mass is 32.1. The maximum Gasteiger partial charge on any atom is 0.267 e. The number of hydrogen-bond donors (Lipinski definition) is 1. The molecular formula is C21H23N3O3S. The third kappa shape index (κ3) is 4.67. The van der Waals surface area contributed by atoms with Crippen LogP contribution in [0.3, 0.4) is 0 Å². The van der Waals surface area contributed by atoms with Gasteiger partial charge in [-0.05, 0) is 67.8 Å². The van der Waals surface area contributed by atoms with E-state index in [9.17, 15) is 4.79 Å². The summed E-state index contributed by atoms with van der Waals surface area (Å²) in [6, 6.07) is 13.3. The third-order valence-corrected chi connectivity index (χ3v) is 5.30. The van der Waals surface area contributed by atoms with E-state index in [1.165, 1.54) is 16.9 Å². The first-order valence-corrected chi connectivity index (χ1v) is 9.84. The fourth-order valence-corrected chi connectivity index (χ4v) is 3.34. The predicted octanol–water partition coefficient (Wildman–Crippen LogP) is 4.63. The smallest absolute Gasteiger partial charge is 0.267 e. The first-order valence-electron chi connectivity index (χ1n) is 9.03. The molecule has 1 atom stereocenters. The van der Waals surface area contributed by atoms with E-state index in [0.29, 0.717) is 17.3 Å². The van der Waals surface area contributed by atoms with Crippen molar-refractivity contribution in [2.75, 3.05) is 12.4 Å². The van der Waals surface area contributed by atoms with Gasteiger partial charge in [0.25, 0.3) is 5.91 Å². The minimum atomic E-state index is -0.601. The zero-order valence-corrected chi connectivity index (χ0v) is 17.2. The number of ether oxygens (including phenoxy) is 2. The average Bonchev–Trinajstić information content (AvgIpc) is 3.17. The van der Waals surface area contributed by atoms with E-state index in [4.69, 9.17) is 9.47 Å². The standard InChI is InChI=1S/C21H23N3O3S/c1-5-18(27-17-9-6-13(2)14(3)12-17)19(25)22-21-24-23-20(28-21)15-7-10-16(26-4)11-8-15/h6-12,18H,5H2,1-4H3,(H,22,24,25)/t18-/m0/s1. The summed E-state index contributed by atoms with van der Waals surface area (Å²) in [5, 5.41) is 12.2. The van der Waals surface area contributed by atoms with Crippen molar-refractivity contribution in [2.24, 2.45) is 0 Å². The molecule has 0 saturated heterocycles. The van der Waals surface area contributed by atoms with Gasteiger partial charge in [0.05, 0.1) is 7.11 Å². The van der Waals surface area contributed by atoms with Crippen LogP contribution < -0.4 is 14.8 Å². The van der Waals surface area contributed by atoms with Crippen LogP contribution in [0.1, 0.15) is 24.5 Å². The van der Waals surface area contributed by atoms with Gasteiger partial charge in [-0.1, -0.05) is 24.3 Å². The summed E-state index contributed by atoms with van der Waals surface area (Å²) in [7, 11) is 1.62. The second kappa shape index (κ2) is 8.84. The molecule has 3 aromatic rings. The number of rotatable bonds is 7. The number of carbonyl (C=O) groups is 1. The Morgan fingerprint density at radius 3 is 2.43 bits per heavy atom. The second-order valence-corrected chi connectivity index (χ2v) is 7.37. The Bertz CT molecular complexity index is 954. The van der Waals surface area contributed by atoms with Gasteiger partial charge in [-0.15, -0.1) is 10.2 Å². The molecule has 0 saturated carbocycles. The monoisotopic (exact) mass is 397 g/mol. The zero-order valence-electron chi connectivity index (χ0n) is 16.4. The van der Waals surface area contributed by atoms with Gasteiger partial charge in [0, 0.05) is 5.56 Å². The van der Waals surface area contributed by atoms with E-state index in [-0.39, 0.29) is 5.91 Å². The molecule has 6 nitrogen and oxygen atoms in total. The quantitative estimate of drug-likeness (QED) is 0.629. The van der Waals surface area contributed by atoms with E-state index < -0.39 is 6.10 Å². The molecule has 1 aromatic heterocycles. The number of nitrogens with one attached hydrogen (secondary N) is 1. The number of aromatic nitrogens is 2. The number of methoxy groups -OCH3 is 1. The molecule has 0 aliphatic rings. The van der Waals surface area contributed by atoms with Crippen molar-refractivity contribution in [3.8, 4) is 22.1 Å². The molecule has 146 valence electrons. The second-order valence-electron chi connectivity index (χ2n) is 6.39. The first-order chi connectivity index (χ1) is 13.5. The van der Waals surface area contributed by atoms with E-state index >= 15 is 0 Å². The predicted molar refractivity (Wildman–Crippen MR) is 111 cm³/mol. The van der Waals surface area contributed by atoms with Crippen LogP contribution >= 0.6 is 11.3 Å². The van der Waals surface area contributed by atoms with E-state index in [0.717, 1.165) is 21.9 Å². The average molecular weight is 398 g/mol. The Morgan fingerprint density at radius 1 is 1.07 bits per heavy atom. The first kappa shape index (κ1) is 19.8. The Kier molecular flexibility index (Phi) is 6.26. The summed E-state index contributed by atoms with van der Waals surface area (Å²) >= 11 is 1.32. The summed E-state index contributed by atoms with van der Waals surface area (Å²) in [4.78, 5) is 12.6. The number of aryl methyl sites for hydroxylation is 2. The largest absolute Gasteiger partial charge is 0.497 e. The van der Waals surface area contributed by atoms with Gasteiger partial charge in [0.2, 0.25) is 5.13 Å². The Hall–Kier alpha value is -2.93. The summed E-state index contributed by atoms with van der Waals surface area (Å²) in [6.07, 6.45) is -0.0569. The van der Waals surface area contributed by atoms with Gasteiger partial charge in [-0.2, -0.15) is 0 Å². The lowest BCUT2D eigenvalue weighted by molar-refractivity contribution is -0.122. The minimum Gasteiger partial charge on any atom is -0.497 e. The topological polar surface area (TPSA) is 73.3 Å². The third-order valence-electron chi connectivity index (χ3n) is 4.41. The van der Waals surface area contributed by atoms with Crippen molar-refractivity contribution in [2.45, 2.75) is 33.3 Å². The van der Waals surface area contributed by atoms with Gasteiger partial charge < -0.3 is 9.47 Å². The van der Waals surface area contributed by atoms with Crippen LogP contribution in [0.2, 0.25) is 0 Å². The van der Waals surface area contributed by atoms with Crippen molar-refractivity contribution in [1.29, 1.82) is 0 Å². The van der Waals surface area contributed by atoms with Gasteiger partial charge >= 0.3 is 0 Å². The van der Waals surface area contributed by atoms with Crippen molar-refractivity contribution >= 4 is 22.4 Å². The molecule has 0 fully saturated rings. The summed E-state index contributed by atoms with van der Waals surface area (Å²) in [6.45, 7) is 5.97. The molecule has 0 aliphatic carbocycles. The normalized spacial score (nSPS) is 11.7. The molecule has 0 spiro atoms. The minimum absolute atomic E-state index is 0.238. The van der Waals surface area contributed by atoms with Crippen LogP contribution in [0, 0.1) is 13.8 Å². The van der Waals surface area contributed by atoms with E-state index in [1.807, 2.05) is 63.2 Å². The zero-order chi connectivity index (χ0) is 20.1. The Balaban J connectivity index is 1.67. The molecule has 0 radical (unpaired) electrons. The lowest BCUT2D eigenvalue weighted by Crippen LogP contribution is -2.32. The fraction of sp³-hybridized carbons (Fsp3) is 0.286. The molecule has 0 unspecified atom stereocenters. The van der Waals surface area contributed by atoms with Crippen LogP contribution in [0.25, 0.3) is 10.6 Å². The van der Waals surface area contributed by atoms with Crippen LogP contribution in [0.4, 0.5) is 5.13 Å². The van der Waals surface area contributed by atoms with Crippen LogP contribution in [-0.2, 0) is 4.79 Å². The number of carbonyl (C=O) groups excluding carboxylic acids is 1. The molecule has 1 N–H and O–H groups in total. The number of anilines is 1. The van der Waals surface area contributed by atoms with E-state index in [1.54, 1.807) is 7.11 Å². The fourth-order valence-electron chi connectivity index (χ4n) is 2.58. The van der Waals surface area contributed by atoms with Gasteiger partial charge in [0.15, 0.2) is 6.10 Å². The van der Waals surface area contributed by atoms with Crippen LogP contribution in [0.15, 0.2) is 42.5 Å². The molecule has 7 heteroatoms. The number of benzene rings is 2. The van der Waals surface area contributed by atoms with Crippen LogP contribution in [0.5, 0.6) is 11.5 Å². The van der Waals surface area contributed by atoms with Crippen molar-refractivity contribution in [3.05, 3.63) is 53.6 Å². The highest BCUT2D eigenvalue weighted by Crippen LogP contribution is 2.28. The summed E-state index contributed by atoms with van der Waals surface area (Å²) < 4.78 is 11.0. The van der Waals surface area contributed by atoms with Crippen molar-refractivity contribution < 1.29 is 14.3 Å². The Labute approximate surface area is 168 Å². The lowest BCUT2D eigenvalue weighted by atomic mass is 10.1. The molecular weight excluding hydrogens is 374 g/mol. The van der Waals surface area contributed by atoms with E-state index in [2.05, 4.69) is 15.5 Å². The summed E-state index contributed by atoms with van der Waals surface area (Å²) in [5.41, 5.74) is 3.23. The molecule has 1 amide bonds. The van der Waals surface area contributed by atoms with Crippen LogP contribution in [-0.4, -0.2) is 29.3 Å². The number of amides is 1. The van der Waals surface area contributed by atoms with Gasteiger partial charge in [-0.3, -0.25) is 10.1 Å². The number of hydrogen-bond acceptors (Lipinski definition) is 6. The number of nitrogens with zero attached hydrogens (tertiary/aromatic N) is 2. The molecule has 3 rings (SSSR count). The SMILES string of the molecule is CC[C@H](Oc1ccc(C)c(C)c1)C(=O)Nc1nnc(-c2ccc(OC)cc2)s1. The molecule has 0 bridgehead atoms.